The van der Waals surface area contributed by atoms with E-state index >= 15 is 0 Å². The summed E-state index contributed by atoms with van der Waals surface area (Å²) in [6.45, 7) is 0. The first-order valence-electron chi connectivity index (χ1n) is 3.94. The molecule has 0 spiro atoms. The van der Waals surface area contributed by atoms with Gasteiger partial charge in [-0.3, -0.25) is 0 Å². The van der Waals surface area contributed by atoms with Crippen molar-refractivity contribution in [1.29, 1.82) is 0 Å². The number of carboxylic acids is 1. The Bertz CT molecular complexity index is 519. The lowest BCUT2D eigenvalue weighted by atomic mass is 10.3. The molecule has 0 atom stereocenters. The molecule has 0 aliphatic heterocycles. The Hall–Kier alpha value is -1.36. The molecule has 0 saturated carbocycles. The van der Waals surface area contributed by atoms with E-state index in [4.69, 9.17) is 5.11 Å². The number of aromatic carboxylic acids is 1. The van der Waals surface area contributed by atoms with Gasteiger partial charge in [0.2, 0.25) is 0 Å². The first kappa shape index (κ1) is 9.21. The fourth-order valence-corrected chi connectivity index (χ4v) is 1.87. The summed E-state index contributed by atoms with van der Waals surface area (Å²) < 4.78 is 2.29. The van der Waals surface area contributed by atoms with Crippen LogP contribution < -0.4 is 0 Å². The molecule has 4 nitrogen and oxygen atoms in total. The summed E-state index contributed by atoms with van der Waals surface area (Å²) in [5, 5.41) is 9.71. The molecule has 1 N–H and O–H groups in total. The van der Waals surface area contributed by atoms with Gasteiger partial charge in [-0.25, -0.2) is 9.78 Å². The third-order valence-electron chi connectivity index (χ3n) is 2.14. The molecular formula is C9H7BrN2O2. The molecule has 0 unspecified atom stereocenters. The average molecular weight is 255 g/mol. The van der Waals surface area contributed by atoms with Crippen molar-refractivity contribution in [3.05, 3.63) is 28.6 Å². The second-order valence-corrected chi connectivity index (χ2v) is 3.68. The van der Waals surface area contributed by atoms with Gasteiger partial charge >= 0.3 is 5.97 Å². The summed E-state index contributed by atoms with van der Waals surface area (Å²) in [6, 6.07) is 3.39. The Balaban J connectivity index is 2.86. The lowest BCUT2D eigenvalue weighted by Gasteiger charge is -1.98. The summed E-state index contributed by atoms with van der Waals surface area (Å²) in [7, 11) is 1.72. The number of carbonyl (C=O) groups is 1. The number of pyridine rings is 1. The maximum atomic E-state index is 10.8. The zero-order valence-corrected chi connectivity index (χ0v) is 8.95. The minimum atomic E-state index is -0.935. The highest BCUT2D eigenvalue weighted by atomic mass is 79.9. The zero-order chi connectivity index (χ0) is 10.3. The van der Waals surface area contributed by atoms with Crippen molar-refractivity contribution in [3.8, 4) is 0 Å². The first-order chi connectivity index (χ1) is 6.61. The SMILES string of the molecule is Cn1c(C(=O)O)cc2c(Br)nccc21. The van der Waals surface area contributed by atoms with Gasteiger partial charge in [0.1, 0.15) is 10.3 Å². The summed E-state index contributed by atoms with van der Waals surface area (Å²) in [5.41, 5.74) is 1.11. The van der Waals surface area contributed by atoms with Crippen molar-refractivity contribution in [2.45, 2.75) is 0 Å². The number of halogens is 1. The van der Waals surface area contributed by atoms with Gasteiger partial charge in [-0.15, -0.1) is 0 Å². The molecule has 0 aliphatic rings. The molecule has 2 rings (SSSR count). The Morgan fingerprint density at radius 3 is 2.93 bits per heavy atom. The van der Waals surface area contributed by atoms with Crippen LogP contribution in [0.25, 0.3) is 10.9 Å². The summed E-state index contributed by atoms with van der Waals surface area (Å²) in [5.74, 6) is -0.935. The number of carboxylic acid groups (broad SMARTS) is 1. The third kappa shape index (κ3) is 1.21. The lowest BCUT2D eigenvalue weighted by molar-refractivity contribution is 0.0687. The number of aryl methyl sites for hydroxylation is 1. The molecule has 0 aliphatic carbocycles. The molecule has 2 aromatic rings. The Labute approximate surface area is 88.3 Å². The minimum Gasteiger partial charge on any atom is -0.477 e. The first-order valence-corrected chi connectivity index (χ1v) is 4.74. The van der Waals surface area contributed by atoms with Crippen molar-refractivity contribution in [2.75, 3.05) is 0 Å². The molecule has 0 fully saturated rings. The normalized spacial score (nSPS) is 10.7. The van der Waals surface area contributed by atoms with Gasteiger partial charge in [-0.1, -0.05) is 0 Å². The van der Waals surface area contributed by atoms with Crippen LogP contribution in [-0.4, -0.2) is 20.6 Å². The predicted molar refractivity (Wildman–Crippen MR) is 55.4 cm³/mol. The van der Waals surface area contributed by atoms with Crippen molar-refractivity contribution in [2.24, 2.45) is 7.05 Å². The number of rotatable bonds is 1. The zero-order valence-electron chi connectivity index (χ0n) is 7.36. The van der Waals surface area contributed by atoms with Crippen molar-refractivity contribution in [3.63, 3.8) is 0 Å². The molecule has 0 saturated heterocycles. The summed E-state index contributed by atoms with van der Waals surface area (Å²) in [4.78, 5) is 14.9. The van der Waals surface area contributed by atoms with Crippen LogP contribution in [0.1, 0.15) is 10.5 Å². The van der Waals surface area contributed by atoms with Crippen molar-refractivity contribution < 1.29 is 9.90 Å². The van der Waals surface area contributed by atoms with Crippen LogP contribution in [-0.2, 0) is 7.05 Å². The third-order valence-corrected chi connectivity index (χ3v) is 2.77. The van der Waals surface area contributed by atoms with E-state index in [2.05, 4.69) is 20.9 Å². The van der Waals surface area contributed by atoms with Crippen LogP contribution in [0.4, 0.5) is 0 Å². The highest BCUT2D eigenvalue weighted by Gasteiger charge is 2.13. The highest BCUT2D eigenvalue weighted by molar-refractivity contribution is 9.10. The van der Waals surface area contributed by atoms with Gasteiger partial charge in [0.05, 0.1) is 5.52 Å². The second kappa shape index (κ2) is 3.09. The molecular weight excluding hydrogens is 248 g/mol. The molecule has 14 heavy (non-hydrogen) atoms. The fourth-order valence-electron chi connectivity index (χ4n) is 1.43. The Morgan fingerprint density at radius 1 is 1.64 bits per heavy atom. The molecule has 2 heterocycles. The summed E-state index contributed by atoms with van der Waals surface area (Å²) in [6.07, 6.45) is 1.64. The van der Waals surface area contributed by atoms with Crippen molar-refractivity contribution >= 4 is 32.8 Å². The average Bonchev–Trinajstić information content (AvgIpc) is 2.46. The van der Waals surface area contributed by atoms with E-state index in [1.54, 1.807) is 29.9 Å². The summed E-state index contributed by atoms with van der Waals surface area (Å²) >= 11 is 3.28. The van der Waals surface area contributed by atoms with E-state index in [0.717, 1.165) is 10.9 Å². The van der Waals surface area contributed by atoms with Gasteiger partial charge < -0.3 is 9.67 Å². The molecule has 0 aromatic carbocycles. The molecule has 0 bridgehead atoms. The Morgan fingerprint density at radius 2 is 2.36 bits per heavy atom. The number of aromatic nitrogens is 2. The monoisotopic (exact) mass is 254 g/mol. The second-order valence-electron chi connectivity index (χ2n) is 2.93. The maximum Gasteiger partial charge on any atom is 0.352 e. The predicted octanol–water partition coefficient (Wildman–Crippen LogP) is 2.03. The quantitative estimate of drug-likeness (QED) is 0.793. The van der Waals surface area contributed by atoms with Gasteiger partial charge in [0, 0.05) is 18.6 Å². The number of hydrogen-bond donors (Lipinski definition) is 1. The standard InChI is InChI=1S/C9H7BrN2O2/c1-12-6-2-3-11-8(10)5(6)4-7(12)9(13)14/h2-4H,1H3,(H,13,14). The van der Waals surface area contributed by atoms with E-state index < -0.39 is 5.97 Å². The largest absolute Gasteiger partial charge is 0.477 e. The van der Waals surface area contributed by atoms with Crippen LogP contribution in [0.5, 0.6) is 0 Å². The molecule has 0 radical (unpaired) electrons. The van der Waals surface area contributed by atoms with Gasteiger partial charge in [-0.2, -0.15) is 0 Å². The van der Waals surface area contributed by atoms with Crippen LogP contribution >= 0.6 is 15.9 Å². The van der Waals surface area contributed by atoms with Gasteiger partial charge in [-0.05, 0) is 28.1 Å². The van der Waals surface area contributed by atoms with Crippen LogP contribution in [0.2, 0.25) is 0 Å². The fraction of sp³-hybridized carbons (Fsp3) is 0.111. The number of nitrogens with zero attached hydrogens (tertiary/aromatic N) is 2. The van der Waals surface area contributed by atoms with E-state index in [0.29, 0.717) is 4.60 Å². The van der Waals surface area contributed by atoms with Crippen LogP contribution in [0.15, 0.2) is 22.9 Å². The molecule has 72 valence electrons. The number of fused-ring (bicyclic) bond motifs is 1. The smallest absolute Gasteiger partial charge is 0.352 e. The van der Waals surface area contributed by atoms with E-state index in [9.17, 15) is 4.79 Å². The Kier molecular flexibility index (Phi) is 2.03. The van der Waals surface area contributed by atoms with Crippen LogP contribution in [0.3, 0.4) is 0 Å². The molecule has 2 aromatic heterocycles. The van der Waals surface area contributed by atoms with Gasteiger partial charge in [0.15, 0.2) is 0 Å². The topological polar surface area (TPSA) is 55.1 Å². The van der Waals surface area contributed by atoms with Gasteiger partial charge in [0.25, 0.3) is 0 Å². The molecule has 0 amide bonds. The number of hydrogen-bond acceptors (Lipinski definition) is 2. The minimum absolute atomic E-state index is 0.258. The highest BCUT2D eigenvalue weighted by Crippen LogP contribution is 2.24. The van der Waals surface area contributed by atoms with E-state index in [-0.39, 0.29) is 5.69 Å². The van der Waals surface area contributed by atoms with Crippen LogP contribution in [0, 0.1) is 0 Å². The van der Waals surface area contributed by atoms with Crippen molar-refractivity contribution in [1.82, 2.24) is 9.55 Å². The maximum absolute atomic E-state index is 10.8. The molecule has 5 heteroatoms. The van der Waals surface area contributed by atoms with E-state index in [1.807, 2.05) is 0 Å². The lowest BCUT2D eigenvalue weighted by Crippen LogP contribution is -2.03. The van der Waals surface area contributed by atoms with E-state index in [1.165, 1.54) is 0 Å².